The van der Waals surface area contributed by atoms with Crippen molar-refractivity contribution in [2.24, 2.45) is 0 Å². The van der Waals surface area contributed by atoms with Crippen molar-refractivity contribution in [3.05, 3.63) is 54.4 Å². The molecule has 1 atom stereocenters. The predicted octanol–water partition coefficient (Wildman–Crippen LogP) is 1.50. The van der Waals surface area contributed by atoms with Crippen LogP contribution in [0.4, 0.5) is 0 Å². The van der Waals surface area contributed by atoms with Gasteiger partial charge >= 0.3 is 0 Å². The van der Waals surface area contributed by atoms with E-state index in [1.807, 2.05) is 41.2 Å². The largest absolute Gasteiger partial charge is 0.324 e. The number of benzene rings is 1. The molecule has 1 saturated heterocycles. The number of nitrogens with zero attached hydrogens (tertiary/aromatic N) is 2. The highest BCUT2D eigenvalue weighted by Crippen LogP contribution is 2.32. The zero-order valence-electron chi connectivity index (χ0n) is 13.0. The fourth-order valence-electron chi connectivity index (χ4n) is 3.11. The predicted molar refractivity (Wildman–Crippen MR) is 86.5 cm³/mol. The third-order valence-electron chi connectivity index (χ3n) is 4.47. The van der Waals surface area contributed by atoms with Gasteiger partial charge in [-0.2, -0.15) is 0 Å². The van der Waals surface area contributed by atoms with Gasteiger partial charge in [-0.3, -0.25) is 19.7 Å². The number of imide groups is 1. The first-order valence-corrected chi connectivity index (χ1v) is 8.03. The maximum absolute atomic E-state index is 12.9. The normalized spacial score (nSPS) is 20.1. The summed E-state index contributed by atoms with van der Waals surface area (Å²) in [6, 6.07) is 10.5. The topological polar surface area (TPSA) is 71.4 Å². The van der Waals surface area contributed by atoms with Crippen LogP contribution in [0.25, 0.3) is 5.69 Å². The highest BCUT2D eigenvalue weighted by atomic mass is 16.2. The van der Waals surface area contributed by atoms with Crippen LogP contribution in [0.1, 0.15) is 29.6 Å². The molecule has 1 aliphatic carbocycles. The minimum atomic E-state index is -0.679. The summed E-state index contributed by atoms with van der Waals surface area (Å²) in [7, 11) is 0. The number of carbonyl (C=O) groups is 3. The van der Waals surface area contributed by atoms with E-state index in [0.29, 0.717) is 5.56 Å². The summed E-state index contributed by atoms with van der Waals surface area (Å²) in [5, 5.41) is 2.29. The lowest BCUT2D eigenvalue weighted by atomic mass is 10.1. The van der Waals surface area contributed by atoms with Gasteiger partial charge in [0.25, 0.3) is 5.91 Å². The van der Waals surface area contributed by atoms with E-state index in [4.69, 9.17) is 0 Å². The Hall–Kier alpha value is -2.89. The van der Waals surface area contributed by atoms with Crippen molar-refractivity contribution in [2.45, 2.75) is 31.3 Å². The number of amides is 3. The van der Waals surface area contributed by atoms with Crippen LogP contribution < -0.4 is 5.32 Å². The van der Waals surface area contributed by atoms with Gasteiger partial charge in [0.1, 0.15) is 6.04 Å². The standard InChI is InChI=1S/C18H17N3O3/c22-16-11-15(17(23)19-16)21(14-7-8-14)18(24)12-3-5-13(6-4-12)20-9-1-2-10-20/h1-6,9-10,14-15H,7-8,11H2,(H,19,22,23). The smallest absolute Gasteiger partial charge is 0.254 e. The Morgan fingerprint density at radius 2 is 1.75 bits per heavy atom. The summed E-state index contributed by atoms with van der Waals surface area (Å²) in [6.45, 7) is 0. The molecule has 0 bridgehead atoms. The second-order valence-electron chi connectivity index (χ2n) is 6.21. The molecule has 1 aliphatic heterocycles. The van der Waals surface area contributed by atoms with E-state index in [1.54, 1.807) is 17.0 Å². The fraction of sp³-hybridized carbons (Fsp3) is 0.278. The first-order chi connectivity index (χ1) is 11.6. The van der Waals surface area contributed by atoms with Crippen molar-refractivity contribution in [1.29, 1.82) is 0 Å². The highest BCUT2D eigenvalue weighted by Gasteiger charge is 2.44. The van der Waals surface area contributed by atoms with Gasteiger partial charge in [-0.05, 0) is 49.2 Å². The van der Waals surface area contributed by atoms with Crippen molar-refractivity contribution >= 4 is 17.7 Å². The van der Waals surface area contributed by atoms with Crippen molar-refractivity contribution in [3.8, 4) is 5.69 Å². The quantitative estimate of drug-likeness (QED) is 0.867. The van der Waals surface area contributed by atoms with Crippen LogP contribution in [-0.4, -0.2) is 39.3 Å². The van der Waals surface area contributed by atoms with Crippen LogP contribution in [0, 0.1) is 0 Å². The molecule has 24 heavy (non-hydrogen) atoms. The maximum Gasteiger partial charge on any atom is 0.254 e. The Kier molecular flexibility index (Phi) is 3.45. The Morgan fingerprint density at radius 3 is 2.29 bits per heavy atom. The SMILES string of the molecule is O=C1CC(N(C(=O)c2ccc(-n3cccc3)cc2)C2CC2)C(=O)N1. The number of rotatable bonds is 4. The highest BCUT2D eigenvalue weighted by molar-refractivity contribution is 6.08. The van der Waals surface area contributed by atoms with Crippen LogP contribution in [0.15, 0.2) is 48.8 Å². The van der Waals surface area contributed by atoms with Crippen molar-refractivity contribution in [2.75, 3.05) is 0 Å². The van der Waals surface area contributed by atoms with Crippen LogP contribution in [-0.2, 0) is 9.59 Å². The molecule has 1 saturated carbocycles. The molecule has 6 heteroatoms. The van der Waals surface area contributed by atoms with Crippen LogP contribution >= 0.6 is 0 Å². The van der Waals surface area contributed by atoms with E-state index in [0.717, 1.165) is 18.5 Å². The zero-order valence-corrected chi connectivity index (χ0v) is 13.0. The molecule has 4 rings (SSSR count). The van der Waals surface area contributed by atoms with Gasteiger partial charge in [-0.15, -0.1) is 0 Å². The average molecular weight is 323 g/mol. The van der Waals surface area contributed by atoms with E-state index in [1.165, 1.54) is 0 Å². The molecule has 2 aromatic rings. The number of aromatic nitrogens is 1. The molecule has 0 radical (unpaired) electrons. The minimum absolute atomic E-state index is 0.0581. The van der Waals surface area contributed by atoms with Crippen LogP contribution in [0.5, 0.6) is 0 Å². The van der Waals surface area contributed by atoms with Gasteiger partial charge in [-0.1, -0.05) is 0 Å². The van der Waals surface area contributed by atoms with Crippen molar-refractivity contribution < 1.29 is 14.4 Å². The first-order valence-electron chi connectivity index (χ1n) is 8.03. The lowest BCUT2D eigenvalue weighted by Crippen LogP contribution is -2.45. The summed E-state index contributed by atoms with van der Waals surface area (Å²) in [4.78, 5) is 37.9. The molecule has 6 nitrogen and oxygen atoms in total. The molecule has 1 N–H and O–H groups in total. The van der Waals surface area contributed by atoms with E-state index in [-0.39, 0.29) is 30.2 Å². The summed E-state index contributed by atoms with van der Waals surface area (Å²) in [6.07, 6.45) is 5.68. The van der Waals surface area contributed by atoms with Gasteiger partial charge in [0.15, 0.2) is 0 Å². The number of nitrogens with one attached hydrogen (secondary N) is 1. The number of hydrogen-bond donors (Lipinski definition) is 1. The van der Waals surface area contributed by atoms with E-state index >= 15 is 0 Å². The van der Waals surface area contributed by atoms with Crippen LogP contribution in [0.2, 0.25) is 0 Å². The minimum Gasteiger partial charge on any atom is -0.324 e. The maximum atomic E-state index is 12.9. The lowest BCUT2D eigenvalue weighted by Gasteiger charge is -2.26. The van der Waals surface area contributed by atoms with Crippen molar-refractivity contribution in [3.63, 3.8) is 0 Å². The molecule has 0 spiro atoms. The Labute approximate surface area is 139 Å². The second-order valence-corrected chi connectivity index (χ2v) is 6.21. The fourth-order valence-corrected chi connectivity index (χ4v) is 3.11. The average Bonchev–Trinajstić information content (AvgIpc) is 3.14. The molecule has 1 aromatic carbocycles. The molecular weight excluding hydrogens is 306 g/mol. The Bertz CT molecular complexity index is 791. The molecule has 3 amide bonds. The second kappa shape index (κ2) is 5.63. The molecule has 2 aliphatic rings. The van der Waals surface area contributed by atoms with Gasteiger partial charge in [0.05, 0.1) is 6.42 Å². The Balaban J connectivity index is 1.59. The molecule has 1 aromatic heterocycles. The summed E-state index contributed by atoms with van der Waals surface area (Å²) in [5.74, 6) is -0.873. The number of hydrogen-bond acceptors (Lipinski definition) is 3. The molecule has 2 heterocycles. The summed E-state index contributed by atoms with van der Waals surface area (Å²) < 4.78 is 1.95. The van der Waals surface area contributed by atoms with Crippen LogP contribution in [0.3, 0.4) is 0 Å². The Morgan fingerprint density at radius 1 is 1.08 bits per heavy atom. The number of carbonyl (C=O) groups excluding carboxylic acids is 3. The molecule has 2 fully saturated rings. The third-order valence-corrected chi connectivity index (χ3v) is 4.47. The van der Waals surface area contributed by atoms with E-state index in [9.17, 15) is 14.4 Å². The van der Waals surface area contributed by atoms with Gasteiger partial charge in [0, 0.05) is 29.7 Å². The van der Waals surface area contributed by atoms with Crippen molar-refractivity contribution in [1.82, 2.24) is 14.8 Å². The molecular formula is C18H17N3O3. The van der Waals surface area contributed by atoms with Gasteiger partial charge in [-0.25, -0.2) is 0 Å². The van der Waals surface area contributed by atoms with Gasteiger partial charge < -0.3 is 9.47 Å². The van der Waals surface area contributed by atoms with E-state index < -0.39 is 6.04 Å². The van der Waals surface area contributed by atoms with Gasteiger partial charge in [0.2, 0.25) is 11.8 Å². The summed E-state index contributed by atoms with van der Waals surface area (Å²) >= 11 is 0. The monoisotopic (exact) mass is 323 g/mol. The zero-order chi connectivity index (χ0) is 16.7. The molecule has 1 unspecified atom stereocenters. The summed E-state index contributed by atoms with van der Waals surface area (Å²) in [5.41, 5.74) is 1.49. The lowest BCUT2D eigenvalue weighted by molar-refractivity contribution is -0.126. The third kappa shape index (κ3) is 2.60. The van der Waals surface area contributed by atoms with E-state index in [2.05, 4.69) is 5.32 Å². The molecule has 122 valence electrons. The first kappa shape index (κ1) is 14.7.